The van der Waals surface area contributed by atoms with Gasteiger partial charge in [0.2, 0.25) is 5.95 Å². The second-order valence-electron chi connectivity index (χ2n) is 6.74. The second-order valence-corrected chi connectivity index (χ2v) is 8.00. The van der Waals surface area contributed by atoms with Gasteiger partial charge in [-0.1, -0.05) is 0 Å². The van der Waals surface area contributed by atoms with Gasteiger partial charge in [0.1, 0.15) is 5.82 Å². The highest BCUT2D eigenvalue weighted by atomic mass is 35.5. The molecule has 4 rings (SSSR count). The van der Waals surface area contributed by atoms with Gasteiger partial charge in [-0.3, -0.25) is 9.78 Å². The molecule has 1 amide bonds. The first-order chi connectivity index (χ1) is 12.9. The van der Waals surface area contributed by atoms with Crippen LogP contribution in [0, 0.1) is 12.7 Å². The third-order valence-corrected chi connectivity index (χ3v) is 5.51. The summed E-state index contributed by atoms with van der Waals surface area (Å²) in [6.07, 6.45) is 2.74. The predicted molar refractivity (Wildman–Crippen MR) is 124 cm³/mol. The lowest BCUT2D eigenvalue weighted by molar-refractivity contribution is 0.0604. The quantitative estimate of drug-likeness (QED) is 0.572. The van der Waals surface area contributed by atoms with Gasteiger partial charge in [-0.25, -0.2) is 14.4 Å². The van der Waals surface area contributed by atoms with E-state index in [1.54, 1.807) is 11.1 Å². The van der Waals surface area contributed by atoms with Gasteiger partial charge in [-0.05, 0) is 31.5 Å². The molecule has 0 saturated carbocycles. The van der Waals surface area contributed by atoms with Crippen LogP contribution in [0.25, 0.3) is 10.2 Å². The molecule has 1 aliphatic rings. The maximum Gasteiger partial charge on any atom is 0.274 e. The monoisotopic (exact) mass is 494 g/mol. The van der Waals surface area contributed by atoms with Crippen LogP contribution in [0.3, 0.4) is 0 Å². The summed E-state index contributed by atoms with van der Waals surface area (Å²) < 4.78 is 14.2. The fraction of sp³-hybridized carbons (Fsp3) is 0.333. The van der Waals surface area contributed by atoms with Gasteiger partial charge in [0.25, 0.3) is 5.91 Å². The molecule has 0 unspecified atom stereocenters. The zero-order chi connectivity index (χ0) is 19.1. The van der Waals surface area contributed by atoms with Crippen molar-refractivity contribution in [2.45, 2.75) is 25.9 Å². The fourth-order valence-electron chi connectivity index (χ4n) is 3.03. The minimum Gasteiger partial charge on any atom is -0.348 e. The van der Waals surface area contributed by atoms with E-state index < -0.39 is 5.82 Å². The predicted octanol–water partition coefficient (Wildman–Crippen LogP) is 3.76. The standard InChI is InChI=1S/C18H19FN6OS.3ClH/c1-9-3-14-16(27-9)15(17(26)25-7-13(20)8-25)24-18(23-14)22-10(2)11-4-12(19)6-21-5-11;;;/h3-6,10,13H,7-8,20H2,1-2H3,(H,22,23,24);3*1H/t10-;;;/m0.../s1. The van der Waals surface area contributed by atoms with Crippen molar-refractivity contribution in [2.24, 2.45) is 5.73 Å². The summed E-state index contributed by atoms with van der Waals surface area (Å²) in [6, 6.07) is 3.09. The normalized spacial score (nSPS) is 14.1. The highest BCUT2D eigenvalue weighted by Gasteiger charge is 2.31. The summed E-state index contributed by atoms with van der Waals surface area (Å²) in [6.45, 7) is 4.89. The molecular weight excluding hydrogens is 474 g/mol. The Balaban J connectivity index is 0.00000150. The summed E-state index contributed by atoms with van der Waals surface area (Å²) in [7, 11) is 0. The van der Waals surface area contributed by atoms with E-state index in [-0.39, 0.29) is 55.2 Å². The molecule has 3 aromatic heterocycles. The summed E-state index contributed by atoms with van der Waals surface area (Å²) in [5, 5.41) is 3.15. The molecule has 30 heavy (non-hydrogen) atoms. The lowest BCUT2D eigenvalue weighted by Gasteiger charge is -2.36. The molecule has 0 aliphatic carbocycles. The van der Waals surface area contributed by atoms with E-state index in [1.165, 1.54) is 17.4 Å². The van der Waals surface area contributed by atoms with Crippen LogP contribution in [0.15, 0.2) is 24.5 Å². The third-order valence-electron chi connectivity index (χ3n) is 4.47. The molecule has 12 heteroatoms. The van der Waals surface area contributed by atoms with Crippen molar-refractivity contribution in [3.8, 4) is 0 Å². The van der Waals surface area contributed by atoms with Crippen LogP contribution in [0.4, 0.5) is 10.3 Å². The molecule has 1 aliphatic heterocycles. The minimum absolute atomic E-state index is 0. The number of amides is 1. The summed E-state index contributed by atoms with van der Waals surface area (Å²) in [5.74, 6) is -0.227. The average Bonchev–Trinajstić information content (AvgIpc) is 2.97. The van der Waals surface area contributed by atoms with Crippen molar-refractivity contribution in [3.05, 3.63) is 46.5 Å². The van der Waals surface area contributed by atoms with Crippen LogP contribution >= 0.6 is 48.6 Å². The second kappa shape index (κ2) is 10.5. The Morgan fingerprint density at radius 3 is 2.60 bits per heavy atom. The van der Waals surface area contributed by atoms with Crippen LogP contribution in [-0.4, -0.2) is 44.9 Å². The van der Waals surface area contributed by atoms with Gasteiger partial charge in [-0.2, -0.15) is 0 Å². The van der Waals surface area contributed by atoms with Crippen molar-refractivity contribution in [3.63, 3.8) is 0 Å². The number of likely N-dealkylation sites (tertiary alicyclic amines) is 1. The van der Waals surface area contributed by atoms with Gasteiger partial charge >= 0.3 is 0 Å². The van der Waals surface area contributed by atoms with Crippen LogP contribution in [0.5, 0.6) is 0 Å². The zero-order valence-electron chi connectivity index (χ0n) is 16.2. The molecule has 0 bridgehead atoms. The lowest BCUT2D eigenvalue weighted by atomic mass is 10.1. The average molecular weight is 496 g/mol. The van der Waals surface area contributed by atoms with Crippen molar-refractivity contribution < 1.29 is 9.18 Å². The zero-order valence-corrected chi connectivity index (χ0v) is 19.4. The fourth-order valence-corrected chi connectivity index (χ4v) is 3.96. The summed E-state index contributed by atoms with van der Waals surface area (Å²) >= 11 is 1.49. The molecule has 1 fully saturated rings. The van der Waals surface area contributed by atoms with Crippen molar-refractivity contribution in [1.29, 1.82) is 0 Å². The number of aryl methyl sites for hydroxylation is 1. The Hall–Kier alpha value is -1.78. The first kappa shape index (κ1) is 26.3. The molecular formula is C18H22Cl3FN6OS. The molecule has 1 atom stereocenters. The maximum absolute atomic E-state index is 13.4. The number of nitrogens with zero attached hydrogens (tertiary/aromatic N) is 4. The Bertz CT molecular complexity index is 1030. The Labute approximate surface area is 195 Å². The van der Waals surface area contributed by atoms with E-state index in [2.05, 4.69) is 20.3 Å². The van der Waals surface area contributed by atoms with Crippen molar-refractivity contribution >= 4 is 70.6 Å². The number of aromatic nitrogens is 3. The molecule has 1 saturated heterocycles. The molecule has 0 spiro atoms. The number of thiophene rings is 1. The highest BCUT2D eigenvalue weighted by molar-refractivity contribution is 7.19. The lowest BCUT2D eigenvalue weighted by Crippen LogP contribution is -2.58. The minimum atomic E-state index is -0.407. The van der Waals surface area contributed by atoms with Crippen molar-refractivity contribution in [1.82, 2.24) is 19.9 Å². The summed E-state index contributed by atoms with van der Waals surface area (Å²) in [5.41, 5.74) is 7.56. The Morgan fingerprint density at radius 2 is 1.97 bits per heavy atom. The molecule has 3 aromatic rings. The van der Waals surface area contributed by atoms with Gasteiger partial charge in [0.15, 0.2) is 5.69 Å². The number of anilines is 1. The molecule has 3 N–H and O–H groups in total. The van der Waals surface area contributed by atoms with Gasteiger partial charge in [-0.15, -0.1) is 48.6 Å². The number of hydrogen-bond donors (Lipinski definition) is 2. The molecule has 164 valence electrons. The van der Waals surface area contributed by atoms with E-state index in [1.807, 2.05) is 19.9 Å². The van der Waals surface area contributed by atoms with E-state index >= 15 is 0 Å². The number of pyridine rings is 1. The number of nitrogens with one attached hydrogen (secondary N) is 1. The highest BCUT2D eigenvalue weighted by Crippen LogP contribution is 2.29. The smallest absolute Gasteiger partial charge is 0.274 e. The van der Waals surface area contributed by atoms with E-state index in [4.69, 9.17) is 5.73 Å². The largest absolute Gasteiger partial charge is 0.348 e. The third kappa shape index (κ3) is 5.28. The Morgan fingerprint density at radius 1 is 1.27 bits per heavy atom. The van der Waals surface area contributed by atoms with E-state index in [9.17, 15) is 9.18 Å². The van der Waals surface area contributed by atoms with Gasteiger partial charge < -0.3 is 16.0 Å². The molecule has 0 radical (unpaired) electrons. The number of carbonyl (C=O) groups excluding carboxylic acids is 1. The number of halogens is 4. The molecule has 0 aromatic carbocycles. The number of carbonyl (C=O) groups is 1. The van der Waals surface area contributed by atoms with E-state index in [0.717, 1.165) is 15.8 Å². The SMILES string of the molecule is Cc1cc2nc(N[C@@H](C)c3cncc(F)c3)nc(C(=O)N3CC(N)C3)c2s1.Cl.Cl.Cl. The molecule has 7 nitrogen and oxygen atoms in total. The van der Waals surface area contributed by atoms with Crippen LogP contribution in [-0.2, 0) is 0 Å². The van der Waals surface area contributed by atoms with Gasteiger partial charge in [0.05, 0.1) is 22.5 Å². The topological polar surface area (TPSA) is 97.0 Å². The van der Waals surface area contributed by atoms with E-state index in [0.29, 0.717) is 35.8 Å². The van der Waals surface area contributed by atoms with Crippen LogP contribution < -0.4 is 11.1 Å². The first-order valence-corrected chi connectivity index (χ1v) is 9.42. The van der Waals surface area contributed by atoms with Crippen molar-refractivity contribution in [2.75, 3.05) is 18.4 Å². The number of rotatable bonds is 4. The number of hydrogen-bond acceptors (Lipinski definition) is 7. The van der Waals surface area contributed by atoms with Gasteiger partial charge in [0, 0.05) is 30.2 Å². The summed E-state index contributed by atoms with van der Waals surface area (Å²) in [4.78, 5) is 28.4. The maximum atomic E-state index is 13.4. The van der Waals surface area contributed by atoms with Crippen LogP contribution in [0.1, 0.15) is 33.9 Å². The number of fused-ring (bicyclic) bond motifs is 1. The number of nitrogens with two attached hydrogens (primary N) is 1. The van der Waals surface area contributed by atoms with Crippen LogP contribution in [0.2, 0.25) is 0 Å². The Kier molecular flexibility index (Phi) is 9.19. The first-order valence-electron chi connectivity index (χ1n) is 8.60. The molecule has 4 heterocycles.